The van der Waals surface area contributed by atoms with E-state index >= 15 is 0 Å². The van der Waals surface area contributed by atoms with Gasteiger partial charge in [0, 0.05) is 26.0 Å². The van der Waals surface area contributed by atoms with Crippen molar-refractivity contribution in [1.29, 1.82) is 0 Å². The lowest BCUT2D eigenvalue weighted by Crippen LogP contribution is -1.99. The molecule has 0 spiro atoms. The molecule has 0 amide bonds. The summed E-state index contributed by atoms with van der Waals surface area (Å²) in [6, 6.07) is 0.440. The molecule has 0 bridgehead atoms. The zero-order valence-corrected chi connectivity index (χ0v) is 8.77. The Kier molecular flexibility index (Phi) is 2.66. The van der Waals surface area contributed by atoms with Gasteiger partial charge >= 0.3 is 6.01 Å². The molecule has 2 aromatic heterocycles. The third-order valence-electron chi connectivity index (χ3n) is 1.97. The van der Waals surface area contributed by atoms with E-state index in [0.29, 0.717) is 17.7 Å². The zero-order valence-electron chi connectivity index (χ0n) is 8.77. The summed E-state index contributed by atoms with van der Waals surface area (Å²) in [5.41, 5.74) is 0. The van der Waals surface area contributed by atoms with Crippen molar-refractivity contribution in [2.75, 3.05) is 11.9 Å². The van der Waals surface area contributed by atoms with Crippen LogP contribution in [0.5, 0.6) is 0 Å². The first-order valence-electron chi connectivity index (χ1n) is 4.86. The predicted octanol–water partition coefficient (Wildman–Crippen LogP) is 1.29. The highest BCUT2D eigenvalue weighted by molar-refractivity contribution is 5.44. The first kappa shape index (κ1) is 9.70. The number of imidazole rings is 1. The fourth-order valence-corrected chi connectivity index (χ4v) is 1.20. The summed E-state index contributed by atoms with van der Waals surface area (Å²) in [5, 5.41) is 6.86. The summed E-state index contributed by atoms with van der Waals surface area (Å²) in [5.74, 6) is 1.20. The quantitative estimate of drug-likeness (QED) is 0.818. The average Bonchev–Trinajstić information content (AvgIpc) is 2.83. The molecule has 1 N–H and O–H groups in total. The smallest absolute Gasteiger partial charge is 0.321 e. The Hall–Kier alpha value is -1.85. The number of hydrogen-bond donors (Lipinski definition) is 1. The van der Waals surface area contributed by atoms with Crippen LogP contribution in [0.25, 0.3) is 11.6 Å². The summed E-state index contributed by atoms with van der Waals surface area (Å²) in [4.78, 5) is 8.31. The van der Waals surface area contributed by atoms with E-state index in [-0.39, 0.29) is 0 Å². The van der Waals surface area contributed by atoms with Crippen LogP contribution in [0, 0.1) is 0 Å². The van der Waals surface area contributed by atoms with E-state index in [4.69, 9.17) is 4.52 Å². The minimum atomic E-state index is 0.440. The number of nitrogens with one attached hydrogen (secondary N) is 1. The summed E-state index contributed by atoms with van der Waals surface area (Å²) in [7, 11) is 1.89. The van der Waals surface area contributed by atoms with Crippen molar-refractivity contribution in [2.45, 2.75) is 13.3 Å². The zero-order chi connectivity index (χ0) is 10.7. The van der Waals surface area contributed by atoms with Gasteiger partial charge in [0.1, 0.15) is 0 Å². The van der Waals surface area contributed by atoms with Crippen molar-refractivity contribution in [2.24, 2.45) is 7.05 Å². The van der Waals surface area contributed by atoms with Gasteiger partial charge in [-0.1, -0.05) is 12.1 Å². The summed E-state index contributed by atoms with van der Waals surface area (Å²) >= 11 is 0. The third-order valence-corrected chi connectivity index (χ3v) is 1.97. The molecule has 0 radical (unpaired) electrons. The van der Waals surface area contributed by atoms with E-state index in [9.17, 15) is 0 Å². The van der Waals surface area contributed by atoms with Crippen LogP contribution in [0.1, 0.15) is 13.3 Å². The highest BCUT2D eigenvalue weighted by Gasteiger charge is 2.11. The van der Waals surface area contributed by atoms with Gasteiger partial charge in [-0.3, -0.25) is 0 Å². The third kappa shape index (κ3) is 1.98. The SMILES string of the molecule is CCCNc1nc(-c2nccn2C)no1. The second-order valence-corrected chi connectivity index (χ2v) is 3.21. The lowest BCUT2D eigenvalue weighted by atomic mass is 10.5. The molecule has 0 unspecified atom stereocenters. The number of rotatable bonds is 4. The molecule has 0 fully saturated rings. The Labute approximate surface area is 87.3 Å². The molecule has 0 atom stereocenters. The standard InChI is InChI=1S/C9H13N5O/c1-3-4-11-9-12-7(13-15-9)8-10-5-6-14(8)2/h5-6H,3-4H2,1-2H3,(H,11,12,13). The molecule has 0 aliphatic rings. The molecule has 2 aromatic rings. The van der Waals surface area contributed by atoms with E-state index in [2.05, 4.69) is 27.4 Å². The highest BCUT2D eigenvalue weighted by Crippen LogP contribution is 2.14. The van der Waals surface area contributed by atoms with Gasteiger partial charge in [-0.15, -0.1) is 0 Å². The number of nitrogens with zero attached hydrogens (tertiary/aromatic N) is 4. The van der Waals surface area contributed by atoms with Gasteiger partial charge < -0.3 is 14.4 Å². The van der Waals surface area contributed by atoms with E-state index in [0.717, 1.165) is 13.0 Å². The van der Waals surface area contributed by atoms with Crippen LogP contribution < -0.4 is 5.32 Å². The van der Waals surface area contributed by atoms with Gasteiger partial charge in [-0.25, -0.2) is 4.98 Å². The van der Waals surface area contributed by atoms with E-state index in [1.165, 1.54) is 0 Å². The topological polar surface area (TPSA) is 68.8 Å². The molecule has 0 saturated carbocycles. The van der Waals surface area contributed by atoms with Gasteiger partial charge in [-0.2, -0.15) is 4.98 Å². The highest BCUT2D eigenvalue weighted by atomic mass is 16.5. The lowest BCUT2D eigenvalue weighted by molar-refractivity contribution is 0.431. The van der Waals surface area contributed by atoms with Crippen molar-refractivity contribution in [3.05, 3.63) is 12.4 Å². The molecular weight excluding hydrogens is 194 g/mol. The normalized spacial score (nSPS) is 10.5. The Morgan fingerprint density at radius 1 is 1.53 bits per heavy atom. The van der Waals surface area contributed by atoms with Gasteiger partial charge in [0.15, 0.2) is 5.82 Å². The maximum absolute atomic E-state index is 5.02. The Bertz CT molecular complexity index is 433. The molecule has 0 saturated heterocycles. The number of hydrogen-bond acceptors (Lipinski definition) is 5. The van der Waals surface area contributed by atoms with Crippen LogP contribution in [0.4, 0.5) is 6.01 Å². The van der Waals surface area contributed by atoms with Crippen LogP contribution in [0.15, 0.2) is 16.9 Å². The first-order chi connectivity index (χ1) is 7.31. The number of aromatic nitrogens is 4. The fraction of sp³-hybridized carbons (Fsp3) is 0.444. The molecule has 0 aliphatic carbocycles. The second-order valence-electron chi connectivity index (χ2n) is 3.21. The minimum absolute atomic E-state index is 0.440. The Morgan fingerprint density at radius 3 is 3.07 bits per heavy atom. The van der Waals surface area contributed by atoms with Gasteiger partial charge in [0.25, 0.3) is 0 Å². The van der Waals surface area contributed by atoms with E-state index in [1.54, 1.807) is 6.20 Å². The van der Waals surface area contributed by atoms with E-state index < -0.39 is 0 Å². The van der Waals surface area contributed by atoms with Crippen LogP contribution in [-0.4, -0.2) is 26.2 Å². The van der Waals surface area contributed by atoms with Crippen LogP contribution in [-0.2, 0) is 7.05 Å². The summed E-state index contributed by atoms with van der Waals surface area (Å²) < 4.78 is 6.86. The number of aryl methyl sites for hydroxylation is 1. The summed E-state index contributed by atoms with van der Waals surface area (Å²) in [6.07, 6.45) is 4.55. The Morgan fingerprint density at radius 2 is 2.40 bits per heavy atom. The largest absolute Gasteiger partial charge is 0.338 e. The van der Waals surface area contributed by atoms with Crippen LogP contribution >= 0.6 is 0 Å². The van der Waals surface area contributed by atoms with Gasteiger partial charge in [-0.05, 0) is 6.42 Å². The van der Waals surface area contributed by atoms with Gasteiger partial charge in [0.05, 0.1) is 0 Å². The van der Waals surface area contributed by atoms with Crippen molar-refractivity contribution in [3.8, 4) is 11.6 Å². The lowest BCUT2D eigenvalue weighted by Gasteiger charge is -1.94. The van der Waals surface area contributed by atoms with E-state index in [1.807, 2.05) is 17.8 Å². The molecule has 15 heavy (non-hydrogen) atoms. The minimum Gasteiger partial charge on any atom is -0.338 e. The first-order valence-corrected chi connectivity index (χ1v) is 4.86. The molecular formula is C9H13N5O. The molecule has 2 rings (SSSR count). The molecule has 6 heteroatoms. The molecule has 80 valence electrons. The van der Waals surface area contributed by atoms with Gasteiger partial charge in [0.2, 0.25) is 5.82 Å². The van der Waals surface area contributed by atoms with Crippen LogP contribution in [0.3, 0.4) is 0 Å². The molecule has 6 nitrogen and oxygen atoms in total. The molecule has 2 heterocycles. The maximum atomic E-state index is 5.02. The van der Waals surface area contributed by atoms with Crippen molar-refractivity contribution >= 4 is 6.01 Å². The average molecular weight is 207 g/mol. The van der Waals surface area contributed by atoms with Crippen molar-refractivity contribution < 1.29 is 4.52 Å². The Balaban J connectivity index is 2.17. The fourth-order valence-electron chi connectivity index (χ4n) is 1.20. The predicted molar refractivity (Wildman–Crippen MR) is 55.3 cm³/mol. The second kappa shape index (κ2) is 4.12. The maximum Gasteiger partial charge on any atom is 0.321 e. The monoisotopic (exact) mass is 207 g/mol. The number of anilines is 1. The molecule has 0 aromatic carbocycles. The molecule has 0 aliphatic heterocycles. The van der Waals surface area contributed by atoms with Crippen molar-refractivity contribution in [1.82, 2.24) is 19.7 Å². The van der Waals surface area contributed by atoms with Crippen LogP contribution in [0.2, 0.25) is 0 Å². The van der Waals surface area contributed by atoms with Crippen molar-refractivity contribution in [3.63, 3.8) is 0 Å². The summed E-state index contributed by atoms with van der Waals surface area (Å²) in [6.45, 7) is 2.89.